The molecule has 0 fully saturated rings. The van der Waals surface area contributed by atoms with Crippen LogP contribution in [0.2, 0.25) is 0 Å². The van der Waals surface area contributed by atoms with Crippen molar-refractivity contribution in [3.05, 3.63) is 29.3 Å². The minimum absolute atomic E-state index is 0.120. The Labute approximate surface area is 107 Å². The number of para-hydroxylation sites is 1. The van der Waals surface area contributed by atoms with Crippen molar-refractivity contribution in [2.45, 2.75) is 31.9 Å². The quantitative estimate of drug-likeness (QED) is 0.770. The SMILES string of the molecule is CC(C)(C)SCC(=O)c1cccc2c1OCC2. The number of hydrogen-bond acceptors (Lipinski definition) is 3. The fourth-order valence-corrected chi connectivity index (χ4v) is 2.51. The molecule has 0 bridgehead atoms. The van der Waals surface area contributed by atoms with Crippen LogP contribution in [0.3, 0.4) is 0 Å². The topological polar surface area (TPSA) is 26.3 Å². The second-order valence-corrected chi connectivity index (χ2v) is 7.02. The van der Waals surface area contributed by atoms with Crippen LogP contribution in [0.4, 0.5) is 0 Å². The summed E-state index contributed by atoms with van der Waals surface area (Å²) in [6.45, 7) is 7.07. The van der Waals surface area contributed by atoms with Crippen LogP contribution in [0, 0.1) is 0 Å². The zero-order valence-electron chi connectivity index (χ0n) is 10.6. The number of benzene rings is 1. The third-order valence-electron chi connectivity index (χ3n) is 2.65. The molecular formula is C14H18O2S. The molecule has 0 radical (unpaired) electrons. The van der Waals surface area contributed by atoms with Crippen LogP contribution < -0.4 is 4.74 Å². The summed E-state index contributed by atoms with van der Waals surface area (Å²) in [6, 6.07) is 5.86. The summed E-state index contributed by atoms with van der Waals surface area (Å²) < 4.78 is 5.67. The lowest BCUT2D eigenvalue weighted by atomic mass is 10.1. The molecule has 0 aromatic heterocycles. The minimum Gasteiger partial charge on any atom is -0.492 e. The van der Waals surface area contributed by atoms with E-state index in [1.54, 1.807) is 11.8 Å². The first kappa shape index (κ1) is 12.5. The lowest BCUT2D eigenvalue weighted by Crippen LogP contribution is -2.13. The smallest absolute Gasteiger partial charge is 0.176 e. The Morgan fingerprint density at radius 1 is 1.41 bits per heavy atom. The van der Waals surface area contributed by atoms with E-state index in [0.717, 1.165) is 23.3 Å². The largest absolute Gasteiger partial charge is 0.492 e. The van der Waals surface area contributed by atoms with Gasteiger partial charge in [0.25, 0.3) is 0 Å². The maximum atomic E-state index is 12.2. The monoisotopic (exact) mass is 250 g/mol. The Morgan fingerprint density at radius 2 is 2.18 bits per heavy atom. The van der Waals surface area contributed by atoms with Gasteiger partial charge in [0.2, 0.25) is 0 Å². The van der Waals surface area contributed by atoms with E-state index >= 15 is 0 Å². The van der Waals surface area contributed by atoms with Crippen molar-refractivity contribution in [2.24, 2.45) is 0 Å². The highest BCUT2D eigenvalue weighted by Gasteiger charge is 2.21. The highest BCUT2D eigenvalue weighted by atomic mass is 32.2. The molecule has 1 aromatic rings. The summed E-state index contributed by atoms with van der Waals surface area (Å²) >= 11 is 1.68. The van der Waals surface area contributed by atoms with Gasteiger partial charge in [0.15, 0.2) is 5.78 Å². The molecule has 0 atom stereocenters. The second kappa shape index (κ2) is 4.73. The number of Topliss-reactive ketones (excluding diaryl/α,β-unsaturated/α-hetero) is 1. The molecule has 3 heteroatoms. The predicted molar refractivity (Wildman–Crippen MR) is 72.2 cm³/mol. The summed E-state index contributed by atoms with van der Waals surface area (Å²) in [5.74, 6) is 1.50. The number of rotatable bonds is 3. The molecule has 0 spiro atoms. The van der Waals surface area contributed by atoms with E-state index in [2.05, 4.69) is 20.8 Å². The zero-order valence-corrected chi connectivity index (χ0v) is 11.4. The normalized spacial score (nSPS) is 14.3. The van der Waals surface area contributed by atoms with Crippen molar-refractivity contribution < 1.29 is 9.53 Å². The Morgan fingerprint density at radius 3 is 2.88 bits per heavy atom. The Balaban J connectivity index is 2.13. The summed E-state index contributed by atoms with van der Waals surface area (Å²) in [6.07, 6.45) is 0.920. The predicted octanol–water partition coefficient (Wildman–Crippen LogP) is 3.34. The maximum absolute atomic E-state index is 12.2. The van der Waals surface area contributed by atoms with E-state index in [-0.39, 0.29) is 10.5 Å². The number of hydrogen-bond donors (Lipinski definition) is 0. The molecule has 0 saturated heterocycles. The first-order chi connectivity index (χ1) is 7.97. The summed E-state index contributed by atoms with van der Waals surface area (Å²) in [5.41, 5.74) is 1.91. The van der Waals surface area contributed by atoms with E-state index < -0.39 is 0 Å². The molecule has 2 rings (SSSR count). The van der Waals surface area contributed by atoms with Gasteiger partial charge in [-0.25, -0.2) is 0 Å². The van der Waals surface area contributed by atoms with Gasteiger partial charge >= 0.3 is 0 Å². The first-order valence-electron chi connectivity index (χ1n) is 5.89. The molecule has 2 nitrogen and oxygen atoms in total. The van der Waals surface area contributed by atoms with Gasteiger partial charge in [-0.2, -0.15) is 0 Å². The van der Waals surface area contributed by atoms with Gasteiger partial charge in [0.05, 0.1) is 17.9 Å². The molecule has 17 heavy (non-hydrogen) atoms. The molecule has 1 aromatic carbocycles. The zero-order chi connectivity index (χ0) is 12.5. The van der Waals surface area contributed by atoms with E-state index in [1.165, 1.54) is 0 Å². The number of ether oxygens (including phenoxy) is 1. The van der Waals surface area contributed by atoms with E-state index in [4.69, 9.17) is 4.74 Å². The average Bonchev–Trinajstić information content (AvgIpc) is 2.72. The molecular weight excluding hydrogens is 232 g/mol. The van der Waals surface area contributed by atoms with Gasteiger partial charge in [0, 0.05) is 11.2 Å². The lowest BCUT2D eigenvalue weighted by Gasteiger charge is -2.17. The van der Waals surface area contributed by atoms with Crippen LogP contribution in [0.15, 0.2) is 18.2 Å². The van der Waals surface area contributed by atoms with Gasteiger partial charge in [-0.1, -0.05) is 32.9 Å². The van der Waals surface area contributed by atoms with Crippen LogP contribution in [0.5, 0.6) is 5.75 Å². The molecule has 0 aliphatic carbocycles. The van der Waals surface area contributed by atoms with E-state index in [1.807, 2.05) is 18.2 Å². The van der Waals surface area contributed by atoms with Gasteiger partial charge in [-0.05, 0) is 11.6 Å². The van der Waals surface area contributed by atoms with Crippen molar-refractivity contribution in [1.29, 1.82) is 0 Å². The van der Waals surface area contributed by atoms with Crippen LogP contribution in [0.25, 0.3) is 0 Å². The summed E-state index contributed by atoms with van der Waals surface area (Å²) in [5, 5.41) is 0. The summed E-state index contributed by atoms with van der Waals surface area (Å²) in [4.78, 5) is 12.2. The highest BCUT2D eigenvalue weighted by molar-refractivity contribution is 8.01. The first-order valence-corrected chi connectivity index (χ1v) is 6.88. The number of carbonyl (C=O) groups is 1. The fourth-order valence-electron chi connectivity index (χ4n) is 1.79. The molecule has 0 amide bonds. The number of fused-ring (bicyclic) bond motifs is 1. The molecule has 0 N–H and O–H groups in total. The van der Waals surface area contributed by atoms with Crippen molar-refractivity contribution >= 4 is 17.5 Å². The molecule has 0 saturated carbocycles. The van der Waals surface area contributed by atoms with E-state index in [0.29, 0.717) is 12.4 Å². The Bertz CT molecular complexity index is 432. The Hall–Kier alpha value is -0.960. The number of carbonyl (C=O) groups excluding carboxylic acids is 1. The summed E-state index contributed by atoms with van der Waals surface area (Å²) in [7, 11) is 0. The number of ketones is 1. The van der Waals surface area contributed by atoms with Gasteiger partial charge in [-0.15, -0.1) is 11.8 Å². The molecule has 1 aliphatic rings. The standard InChI is InChI=1S/C14H18O2S/c1-14(2,3)17-9-12(15)11-6-4-5-10-7-8-16-13(10)11/h4-6H,7-9H2,1-3H3. The third-order valence-corrected chi connectivity index (χ3v) is 3.92. The van der Waals surface area contributed by atoms with Crippen LogP contribution in [-0.2, 0) is 6.42 Å². The minimum atomic E-state index is 0.120. The maximum Gasteiger partial charge on any atom is 0.176 e. The van der Waals surface area contributed by atoms with Gasteiger partial charge in [-0.3, -0.25) is 4.79 Å². The van der Waals surface area contributed by atoms with Crippen molar-refractivity contribution in [1.82, 2.24) is 0 Å². The van der Waals surface area contributed by atoms with E-state index in [9.17, 15) is 4.79 Å². The number of thioether (sulfide) groups is 1. The fraction of sp³-hybridized carbons (Fsp3) is 0.500. The van der Waals surface area contributed by atoms with Crippen LogP contribution in [-0.4, -0.2) is 22.9 Å². The second-order valence-electron chi connectivity index (χ2n) is 5.22. The third kappa shape index (κ3) is 3.03. The molecule has 1 aliphatic heterocycles. The highest BCUT2D eigenvalue weighted by Crippen LogP contribution is 2.31. The average molecular weight is 250 g/mol. The lowest BCUT2D eigenvalue weighted by molar-refractivity contribution is 0.101. The van der Waals surface area contributed by atoms with Crippen molar-refractivity contribution in [3.8, 4) is 5.75 Å². The van der Waals surface area contributed by atoms with Crippen LogP contribution in [0.1, 0.15) is 36.7 Å². The van der Waals surface area contributed by atoms with Crippen LogP contribution >= 0.6 is 11.8 Å². The Kier molecular flexibility index (Phi) is 3.48. The van der Waals surface area contributed by atoms with Crippen molar-refractivity contribution in [3.63, 3.8) is 0 Å². The molecule has 1 heterocycles. The van der Waals surface area contributed by atoms with Gasteiger partial charge < -0.3 is 4.74 Å². The van der Waals surface area contributed by atoms with Gasteiger partial charge in [0.1, 0.15) is 5.75 Å². The van der Waals surface area contributed by atoms with Crippen molar-refractivity contribution in [2.75, 3.05) is 12.4 Å². The molecule has 0 unspecified atom stereocenters. The molecule has 92 valence electrons.